The Balaban J connectivity index is 1.97. The second-order valence-electron chi connectivity index (χ2n) is 5.31. The van der Waals surface area contributed by atoms with Gasteiger partial charge in [-0.2, -0.15) is 0 Å². The highest BCUT2D eigenvalue weighted by Gasteiger charge is 2.19. The first-order chi connectivity index (χ1) is 10.2. The molecule has 0 radical (unpaired) electrons. The van der Waals surface area contributed by atoms with Crippen molar-refractivity contribution in [2.75, 3.05) is 13.2 Å². The lowest BCUT2D eigenvalue weighted by molar-refractivity contribution is -0.383. The third kappa shape index (κ3) is 2.67. The zero-order chi connectivity index (χ0) is 14.8. The number of nitro groups is 1. The molecule has 1 aromatic heterocycles. The van der Waals surface area contributed by atoms with Gasteiger partial charge in [0, 0.05) is 18.3 Å². The Hall–Kier alpha value is -2.21. The summed E-state index contributed by atoms with van der Waals surface area (Å²) in [5.41, 5.74) is 0.875. The number of benzene rings is 1. The van der Waals surface area contributed by atoms with Gasteiger partial charge in [0.15, 0.2) is 0 Å². The Morgan fingerprint density at radius 3 is 3.10 bits per heavy atom. The highest BCUT2D eigenvalue weighted by molar-refractivity contribution is 5.96. The third-order valence-corrected chi connectivity index (χ3v) is 3.82. The lowest BCUT2D eigenvalue weighted by Crippen LogP contribution is -2.28. The van der Waals surface area contributed by atoms with Crippen LogP contribution in [0.1, 0.15) is 18.4 Å². The molecule has 2 heterocycles. The molecule has 0 amide bonds. The molecule has 0 aliphatic carbocycles. The van der Waals surface area contributed by atoms with Crippen LogP contribution in [0.4, 0.5) is 5.69 Å². The Kier molecular flexibility index (Phi) is 3.70. The zero-order valence-corrected chi connectivity index (χ0v) is 11.8. The van der Waals surface area contributed by atoms with Crippen molar-refractivity contribution >= 4 is 16.5 Å². The minimum atomic E-state index is -0.363. The van der Waals surface area contributed by atoms with Gasteiger partial charge in [0.25, 0.3) is 5.69 Å². The van der Waals surface area contributed by atoms with Crippen LogP contribution in [0.2, 0.25) is 0 Å². The van der Waals surface area contributed by atoms with Crippen LogP contribution in [0.3, 0.4) is 0 Å². The largest absolute Gasteiger partial charge is 0.476 e. The van der Waals surface area contributed by atoms with Crippen molar-refractivity contribution in [3.63, 3.8) is 0 Å². The van der Waals surface area contributed by atoms with Crippen molar-refractivity contribution in [3.05, 3.63) is 40.1 Å². The molecule has 1 fully saturated rings. The summed E-state index contributed by atoms with van der Waals surface area (Å²) in [5, 5.41) is 15.8. The molecule has 1 unspecified atom stereocenters. The highest BCUT2D eigenvalue weighted by atomic mass is 16.6. The maximum atomic E-state index is 11.2. The molecule has 1 N–H and O–H groups in total. The number of rotatable bonds is 4. The van der Waals surface area contributed by atoms with E-state index in [9.17, 15) is 10.1 Å². The van der Waals surface area contributed by atoms with Gasteiger partial charge in [-0.05, 0) is 37.9 Å². The van der Waals surface area contributed by atoms with Crippen LogP contribution < -0.4 is 10.1 Å². The van der Waals surface area contributed by atoms with Crippen LogP contribution in [-0.2, 0) is 0 Å². The summed E-state index contributed by atoms with van der Waals surface area (Å²) >= 11 is 0. The molecule has 0 saturated carbocycles. The van der Waals surface area contributed by atoms with Gasteiger partial charge in [0.2, 0.25) is 5.88 Å². The summed E-state index contributed by atoms with van der Waals surface area (Å²) in [6.07, 6.45) is 3.87. The number of hydrogen-bond acceptors (Lipinski definition) is 5. The fraction of sp³-hybridized carbons (Fsp3) is 0.400. The minimum Gasteiger partial charge on any atom is -0.476 e. The number of aryl methyl sites for hydroxylation is 1. The van der Waals surface area contributed by atoms with Crippen molar-refractivity contribution < 1.29 is 9.66 Å². The molecule has 110 valence electrons. The molecule has 0 spiro atoms. The number of aromatic nitrogens is 1. The maximum absolute atomic E-state index is 11.2. The quantitative estimate of drug-likeness (QED) is 0.690. The van der Waals surface area contributed by atoms with E-state index in [1.165, 1.54) is 6.07 Å². The van der Waals surface area contributed by atoms with Gasteiger partial charge in [0.1, 0.15) is 6.61 Å². The van der Waals surface area contributed by atoms with Gasteiger partial charge >= 0.3 is 0 Å². The number of hydrogen-bond donors (Lipinski definition) is 1. The van der Waals surface area contributed by atoms with E-state index in [0.29, 0.717) is 29.3 Å². The Bertz CT molecular complexity index is 681. The summed E-state index contributed by atoms with van der Waals surface area (Å²) in [6, 6.07) is 5.33. The van der Waals surface area contributed by atoms with Crippen molar-refractivity contribution in [1.82, 2.24) is 10.3 Å². The van der Waals surface area contributed by atoms with Crippen molar-refractivity contribution in [1.29, 1.82) is 0 Å². The Labute approximate surface area is 122 Å². The van der Waals surface area contributed by atoms with Crippen LogP contribution in [0.5, 0.6) is 5.88 Å². The predicted molar refractivity (Wildman–Crippen MR) is 79.7 cm³/mol. The molecule has 0 bridgehead atoms. The number of fused-ring (bicyclic) bond motifs is 1. The molecule has 1 aliphatic heterocycles. The van der Waals surface area contributed by atoms with E-state index >= 15 is 0 Å². The van der Waals surface area contributed by atoms with Gasteiger partial charge in [-0.25, -0.2) is 4.98 Å². The molecule has 1 saturated heterocycles. The lowest BCUT2D eigenvalue weighted by atomic mass is 10.1. The van der Waals surface area contributed by atoms with Crippen LogP contribution in [0.15, 0.2) is 24.4 Å². The second kappa shape index (κ2) is 5.65. The summed E-state index contributed by atoms with van der Waals surface area (Å²) in [5.74, 6) is 0.466. The SMILES string of the molecule is Cc1cnc(OCC2CCCN2)c2cccc([N+](=O)[O-])c12. The highest BCUT2D eigenvalue weighted by Crippen LogP contribution is 2.33. The fourth-order valence-electron chi connectivity index (χ4n) is 2.77. The monoisotopic (exact) mass is 287 g/mol. The molecule has 3 rings (SSSR count). The molecule has 6 nitrogen and oxygen atoms in total. The summed E-state index contributed by atoms with van der Waals surface area (Å²) in [6.45, 7) is 3.38. The third-order valence-electron chi connectivity index (χ3n) is 3.82. The standard InChI is InChI=1S/C15H17N3O3/c1-10-8-17-15(21-9-11-4-3-7-16-11)12-5-2-6-13(14(10)12)18(19)20/h2,5-6,8,11,16H,3-4,7,9H2,1H3. The van der Waals surface area contributed by atoms with Gasteiger partial charge in [0.05, 0.1) is 15.7 Å². The first-order valence-corrected chi connectivity index (χ1v) is 7.05. The summed E-state index contributed by atoms with van der Waals surface area (Å²) < 4.78 is 5.80. The van der Waals surface area contributed by atoms with Crippen molar-refractivity contribution in [2.45, 2.75) is 25.8 Å². The second-order valence-corrected chi connectivity index (χ2v) is 5.31. The first kappa shape index (κ1) is 13.8. The van der Waals surface area contributed by atoms with E-state index in [4.69, 9.17) is 4.74 Å². The number of pyridine rings is 1. The normalized spacial score (nSPS) is 18.0. The summed E-state index contributed by atoms with van der Waals surface area (Å²) in [7, 11) is 0. The van der Waals surface area contributed by atoms with E-state index in [0.717, 1.165) is 24.9 Å². The van der Waals surface area contributed by atoms with Crippen LogP contribution in [0.25, 0.3) is 10.8 Å². The van der Waals surface area contributed by atoms with Crippen molar-refractivity contribution in [3.8, 4) is 5.88 Å². The molecule has 1 aliphatic rings. The fourth-order valence-corrected chi connectivity index (χ4v) is 2.77. The van der Waals surface area contributed by atoms with Gasteiger partial charge in [-0.1, -0.05) is 6.07 Å². The molecular weight excluding hydrogens is 270 g/mol. The first-order valence-electron chi connectivity index (χ1n) is 7.05. The van der Waals surface area contributed by atoms with Crippen LogP contribution >= 0.6 is 0 Å². The van der Waals surface area contributed by atoms with Crippen LogP contribution in [-0.4, -0.2) is 29.1 Å². The zero-order valence-electron chi connectivity index (χ0n) is 11.8. The number of nitro benzene ring substituents is 1. The maximum Gasteiger partial charge on any atom is 0.277 e. The van der Waals surface area contributed by atoms with Crippen LogP contribution in [0, 0.1) is 17.0 Å². The average Bonchev–Trinajstić information content (AvgIpc) is 2.99. The molecule has 6 heteroatoms. The van der Waals surface area contributed by atoms with E-state index < -0.39 is 0 Å². The topological polar surface area (TPSA) is 77.3 Å². The number of nitrogens with zero attached hydrogens (tertiary/aromatic N) is 2. The Morgan fingerprint density at radius 2 is 2.38 bits per heavy atom. The molecule has 1 aromatic carbocycles. The van der Waals surface area contributed by atoms with E-state index in [1.807, 2.05) is 13.0 Å². The predicted octanol–water partition coefficient (Wildman–Crippen LogP) is 2.58. The lowest BCUT2D eigenvalue weighted by Gasteiger charge is -2.13. The smallest absolute Gasteiger partial charge is 0.277 e. The van der Waals surface area contributed by atoms with Gasteiger partial charge in [-0.15, -0.1) is 0 Å². The van der Waals surface area contributed by atoms with Crippen molar-refractivity contribution in [2.24, 2.45) is 0 Å². The molecule has 2 aromatic rings. The molecule has 1 atom stereocenters. The Morgan fingerprint density at radius 1 is 1.52 bits per heavy atom. The van der Waals surface area contributed by atoms with Gasteiger partial charge in [-0.3, -0.25) is 10.1 Å². The van der Waals surface area contributed by atoms with E-state index in [-0.39, 0.29) is 10.6 Å². The van der Waals surface area contributed by atoms with E-state index in [1.54, 1.807) is 12.3 Å². The van der Waals surface area contributed by atoms with E-state index in [2.05, 4.69) is 10.3 Å². The molecule has 21 heavy (non-hydrogen) atoms. The number of non-ortho nitro benzene ring substituents is 1. The number of ether oxygens (including phenoxy) is 1. The summed E-state index contributed by atoms with van der Waals surface area (Å²) in [4.78, 5) is 15.1. The molecular formula is C15H17N3O3. The van der Waals surface area contributed by atoms with Gasteiger partial charge < -0.3 is 10.1 Å². The average molecular weight is 287 g/mol. The minimum absolute atomic E-state index is 0.0937. The number of nitrogens with one attached hydrogen (secondary N) is 1.